The molecular formula is C16H20N4O4S. The van der Waals surface area contributed by atoms with Crippen LogP contribution in [0, 0.1) is 0 Å². The van der Waals surface area contributed by atoms with Crippen molar-refractivity contribution in [2.24, 2.45) is 0 Å². The zero-order valence-corrected chi connectivity index (χ0v) is 14.9. The standard InChI is InChI=1S/C16H20N4O4S/c1-11(21)17-12-6-5-8-19(10-12)15(22)14-13-7-3-4-9-20(13)16(18-14)25(2,23)24/h3-4,7,9,12H,5-6,8,10H2,1-2H3,(H,17,21). The van der Waals surface area contributed by atoms with Crippen molar-refractivity contribution >= 4 is 27.2 Å². The molecule has 1 unspecified atom stereocenters. The van der Waals surface area contributed by atoms with Gasteiger partial charge in [0.25, 0.3) is 5.91 Å². The van der Waals surface area contributed by atoms with Crippen LogP contribution in [0.1, 0.15) is 30.3 Å². The van der Waals surface area contributed by atoms with Gasteiger partial charge in [-0.05, 0) is 25.0 Å². The summed E-state index contributed by atoms with van der Waals surface area (Å²) in [7, 11) is -3.58. The number of rotatable bonds is 3. The first-order chi connectivity index (χ1) is 11.8. The summed E-state index contributed by atoms with van der Waals surface area (Å²) < 4.78 is 25.4. The molecule has 9 heteroatoms. The molecule has 1 aliphatic heterocycles. The number of nitrogens with zero attached hydrogens (tertiary/aromatic N) is 3. The van der Waals surface area contributed by atoms with Crippen LogP contribution in [0.4, 0.5) is 0 Å². The van der Waals surface area contributed by atoms with Crippen LogP contribution in [0.2, 0.25) is 0 Å². The van der Waals surface area contributed by atoms with E-state index in [1.165, 1.54) is 11.3 Å². The van der Waals surface area contributed by atoms with Crippen LogP contribution in [0.25, 0.3) is 5.52 Å². The van der Waals surface area contributed by atoms with E-state index < -0.39 is 9.84 Å². The molecule has 1 atom stereocenters. The van der Waals surface area contributed by atoms with Crippen LogP contribution < -0.4 is 5.32 Å². The van der Waals surface area contributed by atoms with Crippen molar-refractivity contribution in [3.8, 4) is 0 Å². The molecular weight excluding hydrogens is 344 g/mol. The Bertz CT molecular complexity index is 935. The average molecular weight is 364 g/mol. The van der Waals surface area contributed by atoms with Crippen molar-refractivity contribution < 1.29 is 18.0 Å². The van der Waals surface area contributed by atoms with Gasteiger partial charge < -0.3 is 10.2 Å². The summed E-state index contributed by atoms with van der Waals surface area (Å²) >= 11 is 0. The highest BCUT2D eigenvalue weighted by atomic mass is 32.2. The highest BCUT2D eigenvalue weighted by Crippen LogP contribution is 2.20. The van der Waals surface area contributed by atoms with Gasteiger partial charge in [-0.1, -0.05) is 6.07 Å². The maximum absolute atomic E-state index is 12.9. The maximum atomic E-state index is 12.9. The molecule has 0 bridgehead atoms. The number of sulfone groups is 1. The summed E-state index contributed by atoms with van der Waals surface area (Å²) in [4.78, 5) is 29.9. The Kier molecular flexibility index (Phi) is 4.51. The molecule has 2 aromatic heterocycles. The van der Waals surface area contributed by atoms with E-state index in [1.54, 1.807) is 29.3 Å². The number of likely N-dealkylation sites (tertiary alicyclic amines) is 1. The van der Waals surface area contributed by atoms with E-state index in [1.807, 2.05) is 0 Å². The summed E-state index contributed by atoms with van der Waals surface area (Å²) in [5.74, 6) is -0.459. The van der Waals surface area contributed by atoms with Crippen LogP contribution in [0.5, 0.6) is 0 Å². The van der Waals surface area contributed by atoms with Gasteiger partial charge in [-0.2, -0.15) is 0 Å². The fourth-order valence-corrected chi connectivity index (χ4v) is 3.92. The topological polar surface area (TPSA) is 101 Å². The highest BCUT2D eigenvalue weighted by molar-refractivity contribution is 7.90. The number of pyridine rings is 1. The number of nitrogens with one attached hydrogen (secondary N) is 1. The summed E-state index contributed by atoms with van der Waals surface area (Å²) in [6.45, 7) is 2.38. The first kappa shape index (κ1) is 17.4. The third kappa shape index (κ3) is 3.51. The Balaban J connectivity index is 1.96. The van der Waals surface area contributed by atoms with Gasteiger partial charge in [0.1, 0.15) is 0 Å². The molecule has 3 heterocycles. The summed E-state index contributed by atoms with van der Waals surface area (Å²) in [6.07, 6.45) is 4.21. The molecule has 1 aliphatic rings. The lowest BCUT2D eigenvalue weighted by Gasteiger charge is -2.32. The Morgan fingerprint density at radius 2 is 2.08 bits per heavy atom. The minimum absolute atomic E-state index is 0.0987. The Morgan fingerprint density at radius 3 is 2.76 bits per heavy atom. The molecule has 1 N–H and O–H groups in total. The van der Waals surface area contributed by atoms with E-state index in [0.717, 1.165) is 19.1 Å². The summed E-state index contributed by atoms with van der Waals surface area (Å²) in [5.41, 5.74) is 0.569. The maximum Gasteiger partial charge on any atom is 0.274 e. The molecule has 3 rings (SSSR count). The molecule has 0 spiro atoms. The van der Waals surface area contributed by atoms with E-state index in [9.17, 15) is 18.0 Å². The molecule has 0 aliphatic carbocycles. The zero-order chi connectivity index (χ0) is 18.2. The number of fused-ring (bicyclic) bond motifs is 1. The van der Waals surface area contributed by atoms with Crippen LogP contribution >= 0.6 is 0 Å². The van der Waals surface area contributed by atoms with Crippen molar-refractivity contribution in [2.45, 2.75) is 31.0 Å². The largest absolute Gasteiger partial charge is 0.352 e. The van der Waals surface area contributed by atoms with Crippen molar-refractivity contribution in [1.82, 2.24) is 19.6 Å². The van der Waals surface area contributed by atoms with Crippen molar-refractivity contribution in [3.05, 3.63) is 30.1 Å². The molecule has 134 valence electrons. The first-order valence-electron chi connectivity index (χ1n) is 8.01. The number of carbonyl (C=O) groups excluding carboxylic acids is 2. The second-order valence-electron chi connectivity index (χ2n) is 6.26. The second kappa shape index (κ2) is 6.47. The predicted molar refractivity (Wildman–Crippen MR) is 91.0 cm³/mol. The molecule has 2 amide bonds. The van der Waals surface area contributed by atoms with Gasteiger partial charge in [0.15, 0.2) is 5.69 Å². The lowest BCUT2D eigenvalue weighted by atomic mass is 10.1. The van der Waals surface area contributed by atoms with Gasteiger partial charge in [0.05, 0.1) is 5.52 Å². The lowest BCUT2D eigenvalue weighted by Crippen LogP contribution is -2.49. The van der Waals surface area contributed by atoms with Gasteiger partial charge in [0.2, 0.25) is 20.9 Å². The monoisotopic (exact) mass is 364 g/mol. The number of hydrogen-bond donors (Lipinski definition) is 1. The fourth-order valence-electron chi connectivity index (χ4n) is 3.15. The molecule has 1 fully saturated rings. The Morgan fingerprint density at radius 1 is 1.32 bits per heavy atom. The Labute approximate surface area is 145 Å². The van der Waals surface area contributed by atoms with Gasteiger partial charge in [-0.3, -0.25) is 14.0 Å². The fraction of sp³-hybridized carbons (Fsp3) is 0.438. The van der Waals surface area contributed by atoms with Crippen molar-refractivity contribution in [2.75, 3.05) is 19.3 Å². The quantitative estimate of drug-likeness (QED) is 0.854. The first-order valence-corrected chi connectivity index (χ1v) is 9.90. The molecule has 25 heavy (non-hydrogen) atoms. The van der Waals surface area contributed by atoms with Crippen LogP contribution in [-0.4, -0.2) is 59.9 Å². The molecule has 0 saturated carbocycles. The third-order valence-corrected chi connectivity index (χ3v) is 5.12. The summed E-state index contributed by atoms with van der Waals surface area (Å²) in [5, 5.41) is 2.68. The van der Waals surface area contributed by atoms with Gasteiger partial charge in [-0.15, -0.1) is 0 Å². The smallest absolute Gasteiger partial charge is 0.274 e. The Hall–Kier alpha value is -2.42. The number of aromatic nitrogens is 2. The molecule has 0 radical (unpaired) electrons. The molecule has 1 saturated heterocycles. The average Bonchev–Trinajstić information content (AvgIpc) is 2.93. The number of hydrogen-bond acceptors (Lipinski definition) is 5. The van der Waals surface area contributed by atoms with E-state index in [0.29, 0.717) is 18.6 Å². The second-order valence-corrected chi connectivity index (χ2v) is 8.17. The van der Waals surface area contributed by atoms with E-state index >= 15 is 0 Å². The minimum atomic E-state index is -3.58. The molecule has 0 aromatic carbocycles. The number of piperidine rings is 1. The lowest BCUT2D eigenvalue weighted by molar-refractivity contribution is -0.120. The van der Waals surface area contributed by atoms with E-state index in [4.69, 9.17) is 0 Å². The number of amides is 2. The summed E-state index contributed by atoms with van der Waals surface area (Å²) in [6, 6.07) is 4.99. The van der Waals surface area contributed by atoms with Gasteiger partial charge >= 0.3 is 0 Å². The van der Waals surface area contributed by atoms with E-state index in [2.05, 4.69) is 10.3 Å². The molecule has 2 aromatic rings. The number of imidazole rings is 1. The highest BCUT2D eigenvalue weighted by Gasteiger charge is 2.29. The zero-order valence-electron chi connectivity index (χ0n) is 14.1. The van der Waals surface area contributed by atoms with Crippen molar-refractivity contribution in [1.29, 1.82) is 0 Å². The van der Waals surface area contributed by atoms with Gasteiger partial charge in [0, 0.05) is 38.5 Å². The number of carbonyl (C=O) groups is 2. The van der Waals surface area contributed by atoms with Gasteiger partial charge in [-0.25, -0.2) is 13.4 Å². The normalized spacial score (nSPS) is 18.3. The molecule has 8 nitrogen and oxygen atoms in total. The van der Waals surface area contributed by atoms with Crippen LogP contribution in [-0.2, 0) is 14.6 Å². The SMILES string of the molecule is CC(=O)NC1CCCN(C(=O)c2nc(S(C)(=O)=O)n3ccccc23)C1. The van der Waals surface area contributed by atoms with E-state index in [-0.39, 0.29) is 28.7 Å². The van der Waals surface area contributed by atoms with Crippen LogP contribution in [0.3, 0.4) is 0 Å². The predicted octanol–water partition coefficient (Wildman–Crippen LogP) is 0.479. The van der Waals surface area contributed by atoms with Crippen LogP contribution in [0.15, 0.2) is 29.6 Å². The minimum Gasteiger partial charge on any atom is -0.352 e. The third-order valence-electron chi connectivity index (χ3n) is 4.17. The van der Waals surface area contributed by atoms with Crippen molar-refractivity contribution in [3.63, 3.8) is 0 Å².